The molecule has 0 aliphatic heterocycles. The summed E-state index contributed by atoms with van der Waals surface area (Å²) in [7, 11) is 0. The third kappa shape index (κ3) is 53.2. The highest BCUT2D eigenvalue weighted by molar-refractivity contribution is 5.71. The zero-order chi connectivity index (χ0) is 48.6. The number of carbonyl (C=O) groups excluding carboxylic acids is 3. The van der Waals surface area contributed by atoms with E-state index in [1.165, 1.54) is 89.9 Å². The van der Waals surface area contributed by atoms with Gasteiger partial charge in [0, 0.05) is 19.3 Å². The quantitative estimate of drug-likeness (QED) is 0.0262. The number of rotatable bonds is 49. The largest absolute Gasteiger partial charge is 0.462 e. The Morgan fingerprint density at radius 3 is 0.896 bits per heavy atom. The first-order valence-corrected chi connectivity index (χ1v) is 27.7. The third-order valence-electron chi connectivity index (χ3n) is 11.5. The minimum atomic E-state index is -0.808. The summed E-state index contributed by atoms with van der Waals surface area (Å²) in [6.45, 7) is 6.51. The van der Waals surface area contributed by atoms with Gasteiger partial charge in [-0.25, -0.2) is 0 Å². The van der Waals surface area contributed by atoms with E-state index in [9.17, 15) is 14.4 Å². The zero-order valence-electron chi connectivity index (χ0n) is 43.6. The topological polar surface area (TPSA) is 78.9 Å². The molecule has 0 radical (unpaired) electrons. The Kier molecular flexibility index (Phi) is 51.9. The summed E-state index contributed by atoms with van der Waals surface area (Å²) < 4.78 is 16.8. The van der Waals surface area contributed by atoms with Crippen LogP contribution >= 0.6 is 0 Å². The second kappa shape index (κ2) is 54.9. The van der Waals surface area contributed by atoms with Crippen molar-refractivity contribution in [1.82, 2.24) is 0 Å². The number of allylic oxidation sites excluding steroid dienone is 16. The SMILES string of the molecule is CCCCC/C=C\C/C=C\C/C=C\C/C=C\CCCCCC(=O)O[C@H](COC(=O)CCCCCC/C=C\C/C=C\C/C=C\CCCCC)COC(=O)CCCCCCC/C=C\CCCCCC. The minimum absolute atomic E-state index is 0.103. The van der Waals surface area contributed by atoms with E-state index in [-0.39, 0.29) is 37.5 Å². The van der Waals surface area contributed by atoms with E-state index < -0.39 is 6.10 Å². The van der Waals surface area contributed by atoms with Crippen LogP contribution in [0.3, 0.4) is 0 Å². The fourth-order valence-electron chi connectivity index (χ4n) is 7.31. The maximum absolute atomic E-state index is 12.8. The molecule has 0 heterocycles. The van der Waals surface area contributed by atoms with Gasteiger partial charge in [0.05, 0.1) is 0 Å². The van der Waals surface area contributed by atoms with Crippen LogP contribution < -0.4 is 0 Å². The first-order chi connectivity index (χ1) is 33.0. The highest BCUT2D eigenvalue weighted by Crippen LogP contribution is 2.13. The number of unbranched alkanes of at least 4 members (excludes halogenated alkanes) is 22. The fourth-order valence-corrected chi connectivity index (χ4v) is 7.31. The van der Waals surface area contributed by atoms with Crippen LogP contribution in [0.2, 0.25) is 0 Å². The monoisotopic (exact) mass is 931 g/mol. The van der Waals surface area contributed by atoms with Crippen LogP contribution in [0.5, 0.6) is 0 Å². The standard InChI is InChI=1S/C61H102O6/c1-4-7-10-13-16-19-22-25-27-29-30-32-34-37-40-43-46-49-52-55-61(64)67-58(56-65-59(62)53-50-47-44-41-38-35-24-21-18-15-12-9-6-3)57-66-60(63)54-51-48-45-42-39-36-33-31-28-26-23-20-17-14-11-8-5-2/h16-17,19-21,24-28,30,32-33,36-37,40,58H,4-15,18,22-23,29,31,34-35,38-39,41-57H2,1-3H3/b19-16-,20-17-,24-21-,27-25-,28-26-,32-30-,36-33-,40-37-/t58-/m0/s1. The third-order valence-corrected chi connectivity index (χ3v) is 11.5. The molecule has 0 aliphatic carbocycles. The summed E-state index contributed by atoms with van der Waals surface area (Å²) >= 11 is 0. The number of hydrogen-bond acceptors (Lipinski definition) is 6. The molecular formula is C61H102O6. The smallest absolute Gasteiger partial charge is 0.306 e. The van der Waals surface area contributed by atoms with E-state index in [1.54, 1.807) is 0 Å². The van der Waals surface area contributed by atoms with Crippen LogP contribution in [0.4, 0.5) is 0 Å². The first-order valence-electron chi connectivity index (χ1n) is 27.7. The molecule has 0 saturated carbocycles. The summed E-state index contributed by atoms with van der Waals surface area (Å²) in [5.74, 6) is -0.965. The van der Waals surface area contributed by atoms with E-state index in [4.69, 9.17) is 14.2 Å². The van der Waals surface area contributed by atoms with E-state index in [1.807, 2.05) is 0 Å². The van der Waals surface area contributed by atoms with Crippen molar-refractivity contribution in [2.75, 3.05) is 13.2 Å². The molecule has 382 valence electrons. The summed E-state index contributed by atoms with van der Waals surface area (Å²) in [4.78, 5) is 38.1. The van der Waals surface area contributed by atoms with Crippen molar-refractivity contribution in [1.29, 1.82) is 0 Å². The Morgan fingerprint density at radius 2 is 0.537 bits per heavy atom. The molecule has 0 unspecified atom stereocenters. The average Bonchev–Trinajstić information content (AvgIpc) is 3.33. The van der Waals surface area contributed by atoms with Crippen LogP contribution in [0.15, 0.2) is 97.2 Å². The fraction of sp³-hybridized carbons (Fsp3) is 0.689. The van der Waals surface area contributed by atoms with Gasteiger partial charge in [-0.05, 0) is 128 Å². The van der Waals surface area contributed by atoms with Crippen LogP contribution in [0.25, 0.3) is 0 Å². The molecule has 6 heteroatoms. The molecule has 0 saturated heterocycles. The summed E-state index contributed by atoms with van der Waals surface area (Å²) in [5.41, 5.74) is 0. The molecule has 0 rings (SSSR count). The van der Waals surface area contributed by atoms with Crippen molar-refractivity contribution in [3.8, 4) is 0 Å². The molecule has 0 aliphatic rings. The molecule has 0 N–H and O–H groups in total. The van der Waals surface area contributed by atoms with E-state index >= 15 is 0 Å². The van der Waals surface area contributed by atoms with Gasteiger partial charge >= 0.3 is 17.9 Å². The predicted molar refractivity (Wildman–Crippen MR) is 288 cm³/mol. The maximum Gasteiger partial charge on any atom is 0.306 e. The molecule has 0 aromatic carbocycles. The van der Waals surface area contributed by atoms with Gasteiger partial charge in [-0.15, -0.1) is 0 Å². The van der Waals surface area contributed by atoms with Crippen molar-refractivity contribution in [3.63, 3.8) is 0 Å². The Hall–Kier alpha value is -3.67. The van der Waals surface area contributed by atoms with Gasteiger partial charge in [-0.1, -0.05) is 201 Å². The normalized spacial score (nSPS) is 12.8. The summed E-state index contributed by atoms with van der Waals surface area (Å²) in [6.07, 6.45) is 72.4. The van der Waals surface area contributed by atoms with Crippen LogP contribution in [-0.4, -0.2) is 37.2 Å². The van der Waals surface area contributed by atoms with Gasteiger partial charge in [0.1, 0.15) is 13.2 Å². The average molecular weight is 931 g/mol. The second-order valence-electron chi connectivity index (χ2n) is 18.1. The predicted octanol–water partition coefficient (Wildman–Crippen LogP) is 18.5. The number of carbonyl (C=O) groups is 3. The van der Waals surface area contributed by atoms with Gasteiger partial charge in [0.2, 0.25) is 0 Å². The van der Waals surface area contributed by atoms with Gasteiger partial charge in [-0.3, -0.25) is 14.4 Å². The van der Waals surface area contributed by atoms with E-state index in [0.717, 1.165) is 122 Å². The van der Waals surface area contributed by atoms with E-state index in [2.05, 4.69) is 118 Å². The van der Waals surface area contributed by atoms with E-state index in [0.29, 0.717) is 12.8 Å². The van der Waals surface area contributed by atoms with Gasteiger partial charge in [0.25, 0.3) is 0 Å². The lowest BCUT2D eigenvalue weighted by atomic mass is 10.1. The van der Waals surface area contributed by atoms with Crippen LogP contribution in [0.1, 0.15) is 252 Å². The second-order valence-corrected chi connectivity index (χ2v) is 18.1. The lowest BCUT2D eigenvalue weighted by Crippen LogP contribution is -2.30. The van der Waals surface area contributed by atoms with Gasteiger partial charge in [-0.2, -0.15) is 0 Å². The molecule has 0 spiro atoms. The molecular weight excluding hydrogens is 829 g/mol. The lowest BCUT2D eigenvalue weighted by Gasteiger charge is -2.18. The van der Waals surface area contributed by atoms with Crippen molar-refractivity contribution < 1.29 is 28.6 Å². The summed E-state index contributed by atoms with van der Waals surface area (Å²) in [5, 5.41) is 0. The Bertz CT molecular complexity index is 1350. The maximum atomic E-state index is 12.8. The minimum Gasteiger partial charge on any atom is -0.462 e. The molecule has 0 amide bonds. The van der Waals surface area contributed by atoms with Crippen molar-refractivity contribution in [2.24, 2.45) is 0 Å². The van der Waals surface area contributed by atoms with Crippen molar-refractivity contribution in [2.45, 2.75) is 258 Å². The molecule has 6 nitrogen and oxygen atoms in total. The highest BCUT2D eigenvalue weighted by atomic mass is 16.6. The number of hydrogen-bond donors (Lipinski definition) is 0. The van der Waals surface area contributed by atoms with Crippen molar-refractivity contribution in [3.05, 3.63) is 97.2 Å². The lowest BCUT2D eigenvalue weighted by molar-refractivity contribution is -0.167. The number of esters is 3. The Labute approximate surface area is 413 Å². The van der Waals surface area contributed by atoms with Gasteiger partial charge in [0.15, 0.2) is 6.10 Å². The van der Waals surface area contributed by atoms with Gasteiger partial charge < -0.3 is 14.2 Å². The van der Waals surface area contributed by atoms with Crippen LogP contribution in [-0.2, 0) is 28.6 Å². The molecule has 0 aromatic rings. The summed E-state index contributed by atoms with van der Waals surface area (Å²) in [6, 6.07) is 0. The zero-order valence-corrected chi connectivity index (χ0v) is 43.6. The highest BCUT2D eigenvalue weighted by Gasteiger charge is 2.19. The molecule has 67 heavy (non-hydrogen) atoms. The molecule has 0 bridgehead atoms. The Morgan fingerprint density at radius 1 is 0.299 bits per heavy atom. The molecule has 0 fully saturated rings. The Balaban J connectivity index is 4.51. The molecule has 1 atom stereocenters. The first kappa shape index (κ1) is 63.3. The molecule has 0 aromatic heterocycles. The van der Waals surface area contributed by atoms with Crippen LogP contribution in [0, 0.1) is 0 Å². The van der Waals surface area contributed by atoms with Crippen molar-refractivity contribution >= 4 is 17.9 Å². The number of ether oxygens (including phenoxy) is 3.